The Balaban J connectivity index is 1.33. The van der Waals surface area contributed by atoms with Crippen LogP contribution in [0.2, 0.25) is 0 Å². The van der Waals surface area contributed by atoms with E-state index in [1.165, 1.54) is 0 Å². The zero-order valence-electron chi connectivity index (χ0n) is 15.8. The zero-order valence-corrected chi connectivity index (χ0v) is 17.4. The number of nitrogens with two attached hydrogens (primary N) is 1. The topological polar surface area (TPSA) is 104 Å². The second-order valence-corrected chi connectivity index (χ2v) is 8.28. The molecule has 3 aromatic rings. The Morgan fingerprint density at radius 2 is 2.07 bits per heavy atom. The Morgan fingerprint density at radius 1 is 1.28 bits per heavy atom. The number of halogens is 1. The highest BCUT2D eigenvalue weighted by molar-refractivity contribution is 9.10. The second-order valence-electron chi connectivity index (χ2n) is 7.37. The molecule has 29 heavy (non-hydrogen) atoms. The third-order valence-corrected chi connectivity index (χ3v) is 5.79. The first-order chi connectivity index (χ1) is 14.0. The third kappa shape index (κ3) is 4.49. The first-order valence-electron chi connectivity index (χ1n) is 9.52. The summed E-state index contributed by atoms with van der Waals surface area (Å²) in [5.41, 5.74) is 8.79. The van der Waals surface area contributed by atoms with Gasteiger partial charge in [-0.15, -0.1) is 0 Å². The lowest BCUT2D eigenvalue weighted by molar-refractivity contribution is -0.131. The third-order valence-electron chi connectivity index (χ3n) is 5.26. The van der Waals surface area contributed by atoms with Crippen molar-refractivity contribution in [1.29, 1.82) is 0 Å². The van der Waals surface area contributed by atoms with Gasteiger partial charge in [-0.3, -0.25) is 14.7 Å². The molecule has 1 saturated heterocycles. The van der Waals surface area contributed by atoms with Crippen LogP contribution in [0.1, 0.15) is 12.0 Å². The van der Waals surface area contributed by atoms with Crippen molar-refractivity contribution in [2.45, 2.75) is 18.9 Å². The number of likely N-dealkylation sites (tertiary alicyclic amines) is 1. The highest BCUT2D eigenvalue weighted by Gasteiger charge is 2.33. The number of carbonyl (C=O) groups is 2. The smallest absolute Gasteiger partial charge is 0.239 e. The van der Waals surface area contributed by atoms with E-state index in [0.29, 0.717) is 25.9 Å². The zero-order chi connectivity index (χ0) is 20.4. The summed E-state index contributed by atoms with van der Waals surface area (Å²) in [7, 11) is 0. The number of aromatic nitrogens is 2. The van der Waals surface area contributed by atoms with E-state index < -0.39 is 6.04 Å². The molecule has 7 nitrogen and oxygen atoms in total. The summed E-state index contributed by atoms with van der Waals surface area (Å²) in [6, 6.07) is 12.8. The summed E-state index contributed by atoms with van der Waals surface area (Å²) in [4.78, 5) is 27.1. The monoisotopic (exact) mass is 455 g/mol. The molecule has 0 spiro atoms. The molecule has 8 heteroatoms. The minimum absolute atomic E-state index is 0.0791. The van der Waals surface area contributed by atoms with E-state index in [1.807, 2.05) is 42.5 Å². The summed E-state index contributed by atoms with van der Waals surface area (Å²) in [6.45, 7) is 0.943. The predicted molar refractivity (Wildman–Crippen MR) is 115 cm³/mol. The normalized spacial score (nSPS) is 17.4. The number of aromatic amines is 1. The minimum Gasteiger partial charge on any atom is -0.341 e. The van der Waals surface area contributed by atoms with Crippen LogP contribution in [-0.4, -0.2) is 46.0 Å². The fourth-order valence-corrected chi connectivity index (χ4v) is 3.90. The SMILES string of the molecule is N[C@H](Cc1ccc(Br)cc1)C(=O)N1CCC(C(=O)Nc2ccc3[nH]ncc3c2)C1. The van der Waals surface area contributed by atoms with Crippen LogP contribution in [0.3, 0.4) is 0 Å². The van der Waals surface area contributed by atoms with E-state index in [9.17, 15) is 9.59 Å². The van der Waals surface area contributed by atoms with E-state index >= 15 is 0 Å². The molecule has 1 aromatic heterocycles. The van der Waals surface area contributed by atoms with Crippen LogP contribution >= 0.6 is 15.9 Å². The molecule has 0 aliphatic carbocycles. The summed E-state index contributed by atoms with van der Waals surface area (Å²) >= 11 is 3.40. The van der Waals surface area contributed by atoms with Gasteiger partial charge >= 0.3 is 0 Å². The lowest BCUT2D eigenvalue weighted by Gasteiger charge is -2.21. The number of benzene rings is 2. The molecule has 2 atom stereocenters. The van der Waals surface area contributed by atoms with Crippen LogP contribution in [-0.2, 0) is 16.0 Å². The van der Waals surface area contributed by atoms with Crippen molar-refractivity contribution in [2.24, 2.45) is 11.7 Å². The maximum Gasteiger partial charge on any atom is 0.239 e. The number of anilines is 1. The molecule has 0 saturated carbocycles. The largest absolute Gasteiger partial charge is 0.341 e. The maximum atomic E-state index is 12.7. The highest BCUT2D eigenvalue weighted by Crippen LogP contribution is 2.22. The number of hydrogen-bond donors (Lipinski definition) is 3. The number of fused-ring (bicyclic) bond motifs is 1. The van der Waals surface area contributed by atoms with Crippen LogP contribution in [0, 0.1) is 5.92 Å². The number of nitrogens with zero attached hydrogens (tertiary/aromatic N) is 2. The standard InChI is InChI=1S/C21H22BrN5O2/c22-16-3-1-13(2-4-16)9-18(23)21(29)27-8-7-14(12-27)20(28)25-17-5-6-19-15(10-17)11-24-26-19/h1-6,10-11,14,18H,7-9,12,23H2,(H,24,26)(H,25,28)/t14?,18-/m1/s1. The molecular formula is C21H22BrN5O2. The van der Waals surface area contributed by atoms with Gasteiger partial charge in [0.25, 0.3) is 0 Å². The van der Waals surface area contributed by atoms with Crippen LogP contribution < -0.4 is 11.1 Å². The van der Waals surface area contributed by atoms with E-state index in [4.69, 9.17) is 5.73 Å². The number of H-pyrrole nitrogens is 1. The van der Waals surface area contributed by atoms with Crippen molar-refractivity contribution < 1.29 is 9.59 Å². The lowest BCUT2D eigenvalue weighted by atomic mass is 10.1. The summed E-state index contributed by atoms with van der Waals surface area (Å²) in [5.74, 6) is -0.425. The van der Waals surface area contributed by atoms with Crippen LogP contribution in [0.4, 0.5) is 5.69 Å². The van der Waals surface area contributed by atoms with E-state index in [1.54, 1.807) is 11.1 Å². The Labute approximate surface area is 176 Å². The van der Waals surface area contributed by atoms with Gasteiger partial charge in [-0.05, 0) is 48.7 Å². The molecule has 1 aliphatic rings. The van der Waals surface area contributed by atoms with E-state index in [2.05, 4.69) is 31.4 Å². The van der Waals surface area contributed by atoms with Crippen molar-refractivity contribution >= 4 is 44.3 Å². The fraction of sp³-hybridized carbons (Fsp3) is 0.286. The van der Waals surface area contributed by atoms with Gasteiger partial charge in [0.15, 0.2) is 0 Å². The minimum atomic E-state index is -0.610. The van der Waals surface area contributed by atoms with Crippen molar-refractivity contribution in [2.75, 3.05) is 18.4 Å². The summed E-state index contributed by atoms with van der Waals surface area (Å²) < 4.78 is 0.987. The van der Waals surface area contributed by atoms with E-state index in [0.717, 1.165) is 26.6 Å². The van der Waals surface area contributed by atoms with Crippen LogP contribution in [0.5, 0.6) is 0 Å². The average molecular weight is 456 g/mol. The number of amides is 2. The highest BCUT2D eigenvalue weighted by atomic mass is 79.9. The molecule has 2 heterocycles. The molecule has 1 fully saturated rings. The number of rotatable bonds is 5. The molecule has 1 unspecified atom stereocenters. The second kappa shape index (κ2) is 8.34. The van der Waals surface area contributed by atoms with Gasteiger partial charge in [-0.25, -0.2) is 0 Å². The first-order valence-corrected chi connectivity index (χ1v) is 10.3. The van der Waals surface area contributed by atoms with Gasteiger partial charge in [0.05, 0.1) is 23.7 Å². The Morgan fingerprint density at radius 3 is 2.86 bits per heavy atom. The Kier molecular flexibility index (Phi) is 5.64. The summed E-state index contributed by atoms with van der Waals surface area (Å²) in [6.07, 6.45) is 2.83. The van der Waals surface area contributed by atoms with Gasteiger partial charge in [0, 0.05) is 28.6 Å². The Hall–Kier alpha value is -2.71. The van der Waals surface area contributed by atoms with E-state index in [-0.39, 0.29) is 17.7 Å². The van der Waals surface area contributed by atoms with Gasteiger partial charge in [-0.2, -0.15) is 5.10 Å². The summed E-state index contributed by atoms with van der Waals surface area (Å²) in [5, 5.41) is 10.7. The molecule has 4 rings (SSSR count). The molecule has 0 radical (unpaired) electrons. The van der Waals surface area contributed by atoms with Crippen molar-refractivity contribution in [3.63, 3.8) is 0 Å². The molecule has 1 aliphatic heterocycles. The molecular weight excluding hydrogens is 434 g/mol. The number of nitrogens with one attached hydrogen (secondary N) is 2. The Bertz CT molecular complexity index is 1030. The maximum absolute atomic E-state index is 12.7. The molecule has 150 valence electrons. The first kappa shape index (κ1) is 19.6. The molecule has 2 amide bonds. The van der Waals surface area contributed by atoms with Gasteiger partial charge < -0.3 is 16.0 Å². The fourth-order valence-electron chi connectivity index (χ4n) is 3.64. The molecule has 4 N–H and O–H groups in total. The lowest BCUT2D eigenvalue weighted by Crippen LogP contribution is -2.44. The number of hydrogen-bond acceptors (Lipinski definition) is 4. The van der Waals surface area contributed by atoms with Gasteiger partial charge in [-0.1, -0.05) is 28.1 Å². The van der Waals surface area contributed by atoms with Crippen molar-refractivity contribution in [1.82, 2.24) is 15.1 Å². The van der Waals surface area contributed by atoms with Crippen molar-refractivity contribution in [3.05, 3.63) is 58.7 Å². The molecule has 2 aromatic carbocycles. The van der Waals surface area contributed by atoms with Gasteiger partial charge in [0.2, 0.25) is 11.8 Å². The average Bonchev–Trinajstić information content (AvgIpc) is 3.38. The van der Waals surface area contributed by atoms with Gasteiger partial charge in [0.1, 0.15) is 0 Å². The molecule has 0 bridgehead atoms. The quantitative estimate of drug-likeness (QED) is 0.549. The van der Waals surface area contributed by atoms with Crippen molar-refractivity contribution in [3.8, 4) is 0 Å². The van der Waals surface area contributed by atoms with Crippen LogP contribution in [0.25, 0.3) is 10.9 Å². The number of carbonyl (C=O) groups excluding carboxylic acids is 2. The van der Waals surface area contributed by atoms with Crippen LogP contribution in [0.15, 0.2) is 53.1 Å². The predicted octanol–water partition coefficient (Wildman–Crippen LogP) is 2.68.